The maximum Gasteiger partial charge on any atom is 0.416 e. The molecule has 2 N–H and O–H groups in total. The minimum absolute atomic E-state index is 0.198. The van der Waals surface area contributed by atoms with E-state index in [4.69, 9.17) is 4.74 Å². The van der Waals surface area contributed by atoms with Crippen LogP contribution in [0.5, 0.6) is 5.75 Å². The number of ether oxygens (including phenoxy) is 1. The van der Waals surface area contributed by atoms with Crippen LogP contribution in [0.4, 0.5) is 13.2 Å². The number of fused-ring (bicyclic) bond motifs is 2. The summed E-state index contributed by atoms with van der Waals surface area (Å²) in [6.07, 6.45) is 0.233. The Morgan fingerprint density at radius 2 is 2.00 bits per heavy atom. The highest BCUT2D eigenvalue weighted by atomic mass is 19.4. The van der Waals surface area contributed by atoms with Gasteiger partial charge in [-0.15, -0.1) is 0 Å². The highest BCUT2D eigenvalue weighted by Gasteiger charge is 2.49. The van der Waals surface area contributed by atoms with Gasteiger partial charge in [0.1, 0.15) is 23.7 Å². The van der Waals surface area contributed by atoms with Crippen LogP contribution < -0.4 is 4.74 Å². The minimum atomic E-state index is -4.53. The van der Waals surface area contributed by atoms with Crippen LogP contribution in [0.1, 0.15) is 31.0 Å². The lowest BCUT2D eigenvalue weighted by Crippen LogP contribution is -2.57. The summed E-state index contributed by atoms with van der Waals surface area (Å²) in [6, 6.07) is 2.35. The Bertz CT molecular complexity index is 876. The van der Waals surface area contributed by atoms with E-state index in [1.165, 1.54) is 6.07 Å². The van der Waals surface area contributed by atoms with Crippen molar-refractivity contribution in [3.05, 3.63) is 53.3 Å². The third kappa shape index (κ3) is 3.15. The van der Waals surface area contributed by atoms with Gasteiger partial charge >= 0.3 is 6.18 Å². The first-order chi connectivity index (χ1) is 13.1. The maximum atomic E-state index is 13.3. The Hall–Kier alpha value is -2.16. The summed E-state index contributed by atoms with van der Waals surface area (Å²) in [4.78, 5) is 5.90. The van der Waals surface area contributed by atoms with Gasteiger partial charge in [0, 0.05) is 24.2 Å². The number of allylic oxidation sites excluding steroid dienone is 1. The number of alkyl halides is 3. The molecule has 0 amide bonds. The van der Waals surface area contributed by atoms with E-state index < -0.39 is 35.7 Å². The van der Waals surface area contributed by atoms with E-state index in [0.29, 0.717) is 5.70 Å². The quantitative estimate of drug-likeness (QED) is 0.769. The zero-order valence-corrected chi connectivity index (χ0v) is 15.4. The van der Waals surface area contributed by atoms with E-state index in [1.54, 1.807) is 37.1 Å². The molecule has 1 aromatic rings. The number of rotatable bonds is 1. The highest BCUT2D eigenvalue weighted by Crippen LogP contribution is 2.47. The van der Waals surface area contributed by atoms with Gasteiger partial charge in [-0.1, -0.05) is 12.2 Å². The number of aliphatic hydroxyl groups is 2. The van der Waals surface area contributed by atoms with Crippen molar-refractivity contribution in [1.82, 2.24) is 4.90 Å². The molecule has 28 heavy (non-hydrogen) atoms. The van der Waals surface area contributed by atoms with Crippen molar-refractivity contribution in [3.63, 3.8) is 0 Å². The van der Waals surface area contributed by atoms with E-state index in [0.717, 1.165) is 12.1 Å². The van der Waals surface area contributed by atoms with Gasteiger partial charge in [0.05, 0.1) is 17.3 Å². The molecule has 8 heteroatoms. The minimum Gasteiger partial charge on any atom is -0.485 e. The normalized spacial score (nSPS) is 31.6. The Kier molecular flexibility index (Phi) is 4.41. The summed E-state index contributed by atoms with van der Waals surface area (Å²) in [6.45, 7) is 3.54. The van der Waals surface area contributed by atoms with Crippen LogP contribution in [0.25, 0.3) is 0 Å². The van der Waals surface area contributed by atoms with Crippen molar-refractivity contribution >= 4 is 6.21 Å². The lowest BCUT2D eigenvalue weighted by molar-refractivity contribution is -0.141. The molecule has 0 radical (unpaired) electrons. The number of benzene rings is 1. The van der Waals surface area contributed by atoms with Crippen molar-refractivity contribution in [3.8, 4) is 5.75 Å². The Labute approximate surface area is 160 Å². The summed E-state index contributed by atoms with van der Waals surface area (Å²) in [5.41, 5.74) is -0.987. The SMILES string of the molecule is CC1(C)Oc2ccc(C(F)(F)F)cc2[C@@H](N2CC3=CC(C=CC=N3)[C@H]2O)[C@@H]1O. The summed E-state index contributed by atoms with van der Waals surface area (Å²) < 4.78 is 45.7. The average molecular weight is 394 g/mol. The molecule has 3 aliphatic rings. The van der Waals surface area contributed by atoms with Crippen molar-refractivity contribution in [2.75, 3.05) is 6.54 Å². The van der Waals surface area contributed by atoms with Crippen molar-refractivity contribution in [2.24, 2.45) is 10.9 Å². The molecule has 0 spiro atoms. The monoisotopic (exact) mass is 394 g/mol. The van der Waals surface area contributed by atoms with Crippen LogP contribution in [-0.4, -0.2) is 45.8 Å². The predicted octanol–water partition coefficient (Wildman–Crippen LogP) is 3.05. The molecule has 0 saturated heterocycles. The number of nitrogens with zero attached hydrogens (tertiary/aromatic N) is 2. The molecule has 150 valence electrons. The number of aliphatic imine (C=N–C) groups is 1. The van der Waals surface area contributed by atoms with Gasteiger partial charge in [-0.25, -0.2) is 0 Å². The third-order valence-corrected chi connectivity index (χ3v) is 5.47. The second kappa shape index (κ2) is 6.43. The van der Waals surface area contributed by atoms with Gasteiger partial charge < -0.3 is 14.9 Å². The van der Waals surface area contributed by atoms with Crippen LogP contribution in [-0.2, 0) is 6.18 Å². The average Bonchev–Trinajstić information content (AvgIpc) is 2.81. The molecule has 0 aliphatic carbocycles. The molecule has 2 bridgehead atoms. The molecule has 4 rings (SSSR count). The first-order valence-corrected chi connectivity index (χ1v) is 9.01. The predicted molar refractivity (Wildman–Crippen MR) is 96.8 cm³/mol. The van der Waals surface area contributed by atoms with E-state index in [1.807, 2.05) is 6.08 Å². The van der Waals surface area contributed by atoms with Gasteiger partial charge in [0.2, 0.25) is 0 Å². The molecule has 1 aromatic carbocycles. The zero-order chi connectivity index (χ0) is 20.3. The summed E-state index contributed by atoms with van der Waals surface area (Å²) in [5.74, 6) is -0.110. The van der Waals surface area contributed by atoms with Crippen LogP contribution in [0.3, 0.4) is 0 Å². The van der Waals surface area contributed by atoms with Crippen LogP contribution in [0, 0.1) is 5.92 Å². The Morgan fingerprint density at radius 3 is 2.71 bits per heavy atom. The molecule has 3 heterocycles. The van der Waals surface area contributed by atoms with Gasteiger partial charge in [0.25, 0.3) is 0 Å². The fourth-order valence-corrected chi connectivity index (χ4v) is 3.98. The lowest BCUT2D eigenvalue weighted by Gasteiger charge is -2.49. The summed E-state index contributed by atoms with van der Waals surface area (Å²) in [7, 11) is 0. The van der Waals surface area contributed by atoms with Gasteiger partial charge in [0.15, 0.2) is 0 Å². The van der Waals surface area contributed by atoms with E-state index in [-0.39, 0.29) is 23.8 Å². The molecule has 3 aliphatic heterocycles. The molecule has 0 fully saturated rings. The van der Waals surface area contributed by atoms with Crippen molar-refractivity contribution < 1.29 is 28.1 Å². The fraction of sp³-hybridized carbons (Fsp3) is 0.450. The number of hydrogen-bond acceptors (Lipinski definition) is 5. The van der Waals surface area contributed by atoms with E-state index in [9.17, 15) is 23.4 Å². The van der Waals surface area contributed by atoms with E-state index in [2.05, 4.69) is 4.99 Å². The first kappa shape index (κ1) is 19.2. The number of aliphatic hydroxyl groups excluding tert-OH is 2. The molecule has 5 nitrogen and oxygen atoms in total. The number of halogens is 3. The third-order valence-electron chi connectivity index (χ3n) is 5.47. The van der Waals surface area contributed by atoms with Gasteiger partial charge in [-0.05, 0) is 38.1 Å². The van der Waals surface area contributed by atoms with E-state index >= 15 is 0 Å². The molecule has 0 saturated carbocycles. The largest absolute Gasteiger partial charge is 0.485 e. The Morgan fingerprint density at radius 1 is 1.25 bits per heavy atom. The smallest absolute Gasteiger partial charge is 0.416 e. The van der Waals surface area contributed by atoms with Crippen LogP contribution >= 0.6 is 0 Å². The Balaban J connectivity index is 1.83. The van der Waals surface area contributed by atoms with Gasteiger partial charge in [-0.2, -0.15) is 13.2 Å². The van der Waals surface area contributed by atoms with Gasteiger partial charge in [-0.3, -0.25) is 9.89 Å². The summed E-state index contributed by atoms with van der Waals surface area (Å²) >= 11 is 0. The maximum absolute atomic E-state index is 13.3. The van der Waals surface area contributed by atoms with Crippen LogP contribution in [0.15, 0.2) is 47.1 Å². The number of hydrogen-bond donors (Lipinski definition) is 2. The molecule has 4 atom stereocenters. The summed E-state index contributed by atoms with van der Waals surface area (Å²) in [5, 5.41) is 21.9. The lowest BCUT2D eigenvalue weighted by atomic mass is 9.83. The van der Waals surface area contributed by atoms with Crippen molar-refractivity contribution in [2.45, 2.75) is 44.0 Å². The topological polar surface area (TPSA) is 65.3 Å². The molecular formula is C20H21F3N2O3. The van der Waals surface area contributed by atoms with Crippen molar-refractivity contribution in [1.29, 1.82) is 0 Å². The zero-order valence-electron chi connectivity index (χ0n) is 15.4. The highest BCUT2D eigenvalue weighted by molar-refractivity contribution is 5.73. The molecule has 0 aromatic heterocycles. The fourth-order valence-electron chi connectivity index (χ4n) is 3.98. The molecule has 1 unspecified atom stereocenters. The van der Waals surface area contributed by atoms with Crippen LogP contribution in [0.2, 0.25) is 0 Å². The first-order valence-electron chi connectivity index (χ1n) is 9.01. The molecular weight excluding hydrogens is 373 g/mol. The standard InChI is InChI=1S/C20H21F3N2O3/c1-19(2)17(26)16(14-9-12(20(21,22)23)5-6-15(14)28-19)25-10-13-8-11(18(25)27)4-3-7-24-13/h3-9,11,16-18,26-27H,10H2,1-2H3/t11?,16-,17+,18-/m1/s1. The second-order valence-corrected chi connectivity index (χ2v) is 7.83. The second-order valence-electron chi connectivity index (χ2n) is 7.83.